The molecule has 0 spiro atoms. The maximum atomic E-state index is 14.3. The first kappa shape index (κ1) is 19.8. The second-order valence-electron chi connectivity index (χ2n) is 8.01. The van der Waals surface area contributed by atoms with Crippen LogP contribution in [0.3, 0.4) is 0 Å². The van der Waals surface area contributed by atoms with Crippen molar-refractivity contribution in [2.75, 3.05) is 37.6 Å². The van der Waals surface area contributed by atoms with E-state index < -0.39 is 0 Å². The average molecular weight is 375 g/mol. The zero-order valence-electron chi connectivity index (χ0n) is 16.3. The number of carbonyl (C=O) groups excluding carboxylic acids is 2. The first-order valence-corrected chi connectivity index (χ1v) is 9.99. The van der Waals surface area contributed by atoms with Gasteiger partial charge in [-0.05, 0) is 56.7 Å². The Kier molecular flexibility index (Phi) is 6.47. The standard InChI is InChI=1S/C21H30FN3O2/c1-15-3-6-18(7-4-15)23-21(27)14-24-9-11-25(12-10-24)20-8-5-17(16(2)26)13-19(20)22/h5,8,13,15,18H,3-4,6-7,9-12,14H2,1-2H3,(H,23,27). The Morgan fingerprint density at radius 1 is 1.11 bits per heavy atom. The molecular weight excluding hydrogens is 345 g/mol. The van der Waals surface area contributed by atoms with Gasteiger partial charge < -0.3 is 10.2 Å². The third-order valence-electron chi connectivity index (χ3n) is 5.82. The summed E-state index contributed by atoms with van der Waals surface area (Å²) in [6.07, 6.45) is 4.54. The largest absolute Gasteiger partial charge is 0.367 e. The van der Waals surface area contributed by atoms with Crippen molar-refractivity contribution >= 4 is 17.4 Å². The van der Waals surface area contributed by atoms with Crippen LogP contribution in [0, 0.1) is 11.7 Å². The summed E-state index contributed by atoms with van der Waals surface area (Å²) in [5.41, 5.74) is 0.920. The van der Waals surface area contributed by atoms with Gasteiger partial charge in [-0.25, -0.2) is 4.39 Å². The van der Waals surface area contributed by atoms with Crippen LogP contribution in [0.25, 0.3) is 0 Å². The molecule has 3 rings (SSSR count). The average Bonchev–Trinajstić information content (AvgIpc) is 2.64. The van der Waals surface area contributed by atoms with Crippen molar-refractivity contribution in [3.05, 3.63) is 29.6 Å². The summed E-state index contributed by atoms with van der Waals surface area (Å²) in [5, 5.41) is 3.17. The minimum Gasteiger partial charge on any atom is -0.367 e. The Morgan fingerprint density at radius 3 is 2.37 bits per heavy atom. The van der Waals surface area contributed by atoms with Crippen LogP contribution in [0.2, 0.25) is 0 Å². The number of hydrogen-bond donors (Lipinski definition) is 1. The number of nitrogens with one attached hydrogen (secondary N) is 1. The number of Topliss-reactive ketones (excluding diaryl/α,β-unsaturated/α-hetero) is 1. The fourth-order valence-electron chi connectivity index (χ4n) is 4.01. The smallest absolute Gasteiger partial charge is 0.234 e. The number of benzene rings is 1. The van der Waals surface area contributed by atoms with Gasteiger partial charge in [-0.15, -0.1) is 0 Å². The zero-order chi connectivity index (χ0) is 19.4. The van der Waals surface area contributed by atoms with Crippen molar-refractivity contribution in [2.45, 2.75) is 45.6 Å². The molecule has 6 heteroatoms. The van der Waals surface area contributed by atoms with Gasteiger partial charge in [-0.2, -0.15) is 0 Å². The van der Waals surface area contributed by atoms with E-state index in [4.69, 9.17) is 0 Å². The van der Waals surface area contributed by atoms with Crippen LogP contribution in [0.15, 0.2) is 18.2 Å². The van der Waals surface area contributed by atoms with Gasteiger partial charge in [0.25, 0.3) is 0 Å². The molecule has 1 aliphatic heterocycles. The minimum atomic E-state index is -0.361. The normalized spacial score (nSPS) is 23.9. The summed E-state index contributed by atoms with van der Waals surface area (Å²) < 4.78 is 14.3. The van der Waals surface area contributed by atoms with E-state index >= 15 is 0 Å². The monoisotopic (exact) mass is 375 g/mol. The molecule has 1 aromatic carbocycles. The molecule has 27 heavy (non-hydrogen) atoms. The second kappa shape index (κ2) is 8.83. The molecule has 148 valence electrons. The molecule has 1 aliphatic carbocycles. The van der Waals surface area contributed by atoms with Crippen LogP contribution in [-0.4, -0.2) is 55.4 Å². The third kappa shape index (κ3) is 5.28. The van der Waals surface area contributed by atoms with E-state index in [1.165, 1.54) is 25.8 Å². The molecule has 2 fully saturated rings. The molecule has 0 radical (unpaired) electrons. The Hall–Kier alpha value is -1.95. The molecule has 0 bridgehead atoms. The number of piperazine rings is 1. The minimum absolute atomic E-state index is 0.0972. The van der Waals surface area contributed by atoms with E-state index in [0.29, 0.717) is 36.9 Å². The number of ketones is 1. The van der Waals surface area contributed by atoms with Crippen molar-refractivity contribution < 1.29 is 14.0 Å². The molecule has 1 saturated heterocycles. The third-order valence-corrected chi connectivity index (χ3v) is 5.82. The number of nitrogens with zero attached hydrogens (tertiary/aromatic N) is 2. The van der Waals surface area contributed by atoms with Crippen molar-refractivity contribution in [2.24, 2.45) is 5.92 Å². The number of hydrogen-bond acceptors (Lipinski definition) is 4. The number of amides is 1. The van der Waals surface area contributed by atoms with Gasteiger partial charge in [0, 0.05) is 37.8 Å². The Morgan fingerprint density at radius 2 is 1.78 bits per heavy atom. The van der Waals surface area contributed by atoms with Crippen molar-refractivity contribution in [1.29, 1.82) is 0 Å². The van der Waals surface area contributed by atoms with Gasteiger partial charge in [0.1, 0.15) is 5.82 Å². The highest BCUT2D eigenvalue weighted by Crippen LogP contribution is 2.24. The lowest BCUT2D eigenvalue weighted by atomic mass is 9.87. The van der Waals surface area contributed by atoms with Gasteiger partial charge >= 0.3 is 0 Å². The first-order valence-electron chi connectivity index (χ1n) is 9.99. The van der Waals surface area contributed by atoms with Crippen molar-refractivity contribution in [3.8, 4) is 0 Å². The topological polar surface area (TPSA) is 52.7 Å². The van der Waals surface area contributed by atoms with Crippen molar-refractivity contribution in [3.63, 3.8) is 0 Å². The van der Waals surface area contributed by atoms with Crippen LogP contribution < -0.4 is 10.2 Å². The summed E-state index contributed by atoms with van der Waals surface area (Å²) in [5.74, 6) is 0.375. The van der Waals surface area contributed by atoms with Crippen LogP contribution in [0.5, 0.6) is 0 Å². The highest BCUT2D eigenvalue weighted by molar-refractivity contribution is 5.94. The van der Waals surface area contributed by atoms with E-state index in [2.05, 4.69) is 17.1 Å². The van der Waals surface area contributed by atoms with Gasteiger partial charge in [0.15, 0.2) is 5.78 Å². The van der Waals surface area contributed by atoms with E-state index in [-0.39, 0.29) is 17.5 Å². The van der Waals surface area contributed by atoms with Gasteiger partial charge in [0.05, 0.1) is 12.2 Å². The van der Waals surface area contributed by atoms with Crippen LogP contribution >= 0.6 is 0 Å². The summed E-state index contributed by atoms with van der Waals surface area (Å²) in [4.78, 5) is 27.8. The molecule has 5 nitrogen and oxygen atoms in total. The van der Waals surface area contributed by atoms with Crippen molar-refractivity contribution in [1.82, 2.24) is 10.2 Å². The highest BCUT2D eigenvalue weighted by Gasteiger charge is 2.24. The molecule has 2 aliphatic rings. The van der Waals surface area contributed by atoms with Crippen LogP contribution in [0.4, 0.5) is 10.1 Å². The number of carbonyl (C=O) groups is 2. The van der Waals surface area contributed by atoms with Crippen LogP contribution in [-0.2, 0) is 4.79 Å². The van der Waals surface area contributed by atoms with Gasteiger partial charge in [-0.1, -0.05) is 6.92 Å². The van der Waals surface area contributed by atoms with Crippen LogP contribution in [0.1, 0.15) is 49.9 Å². The molecule has 1 aromatic rings. The van der Waals surface area contributed by atoms with Gasteiger partial charge in [-0.3, -0.25) is 14.5 Å². The SMILES string of the molecule is CC(=O)c1ccc(N2CCN(CC(=O)NC3CCC(C)CC3)CC2)c(F)c1. The molecule has 1 saturated carbocycles. The highest BCUT2D eigenvalue weighted by atomic mass is 19.1. The van der Waals surface area contributed by atoms with E-state index in [1.807, 2.05) is 4.90 Å². The molecule has 0 unspecified atom stereocenters. The van der Waals surface area contributed by atoms with E-state index in [0.717, 1.165) is 31.8 Å². The van der Waals surface area contributed by atoms with E-state index in [1.54, 1.807) is 12.1 Å². The van der Waals surface area contributed by atoms with E-state index in [9.17, 15) is 14.0 Å². The fourth-order valence-corrected chi connectivity index (χ4v) is 4.01. The molecule has 0 aromatic heterocycles. The summed E-state index contributed by atoms with van der Waals surface area (Å²) in [6.45, 7) is 6.91. The summed E-state index contributed by atoms with van der Waals surface area (Å²) in [6, 6.07) is 4.98. The number of halogens is 1. The lowest BCUT2D eigenvalue weighted by Crippen LogP contribution is -2.51. The fraction of sp³-hybridized carbons (Fsp3) is 0.619. The maximum Gasteiger partial charge on any atom is 0.234 e. The Balaban J connectivity index is 1.46. The summed E-state index contributed by atoms with van der Waals surface area (Å²) in [7, 11) is 0. The van der Waals surface area contributed by atoms with Gasteiger partial charge in [0.2, 0.25) is 5.91 Å². The quantitative estimate of drug-likeness (QED) is 0.804. The molecular formula is C21H30FN3O2. The first-order chi connectivity index (χ1) is 12.9. The molecule has 1 heterocycles. The number of rotatable bonds is 5. The second-order valence-corrected chi connectivity index (χ2v) is 8.01. The zero-order valence-corrected chi connectivity index (χ0v) is 16.3. The predicted molar refractivity (Wildman–Crippen MR) is 105 cm³/mol. The molecule has 1 amide bonds. The Bertz CT molecular complexity index is 678. The summed E-state index contributed by atoms with van der Waals surface area (Å²) >= 11 is 0. The maximum absolute atomic E-state index is 14.3. The number of anilines is 1. The Labute approximate surface area is 160 Å². The molecule has 1 N–H and O–H groups in total. The molecule has 0 atom stereocenters. The lowest BCUT2D eigenvalue weighted by Gasteiger charge is -2.36. The predicted octanol–water partition coefficient (Wildman–Crippen LogP) is 2.85. The lowest BCUT2D eigenvalue weighted by molar-refractivity contribution is -0.123.